The first-order valence-electron chi connectivity index (χ1n) is 9.85. The Kier molecular flexibility index (Phi) is 5.87. The van der Waals surface area contributed by atoms with Gasteiger partial charge in [0.2, 0.25) is 0 Å². The minimum absolute atomic E-state index is 0.118. The van der Waals surface area contributed by atoms with Gasteiger partial charge in [0.05, 0.1) is 22.7 Å². The third kappa shape index (κ3) is 4.51. The summed E-state index contributed by atoms with van der Waals surface area (Å²) in [7, 11) is 0. The van der Waals surface area contributed by atoms with Gasteiger partial charge < -0.3 is 19.8 Å². The Bertz CT molecular complexity index is 898. The molecule has 2 aromatic carbocycles. The molecule has 0 unspecified atom stereocenters. The van der Waals surface area contributed by atoms with Gasteiger partial charge in [0.1, 0.15) is 18.2 Å². The molecule has 28 heavy (non-hydrogen) atoms. The lowest BCUT2D eigenvalue weighted by atomic mass is 10.2. The highest BCUT2D eigenvalue weighted by Crippen LogP contribution is 2.20. The molecule has 146 valence electrons. The molecule has 3 aromatic rings. The molecule has 1 aliphatic heterocycles. The maximum atomic E-state index is 12.6. The second-order valence-electron chi connectivity index (χ2n) is 7.00. The van der Waals surface area contributed by atoms with E-state index >= 15 is 0 Å². The van der Waals surface area contributed by atoms with E-state index in [0.717, 1.165) is 49.1 Å². The van der Waals surface area contributed by atoms with E-state index in [1.165, 1.54) is 0 Å². The smallest absolute Gasteiger partial charge is 0.255 e. The fourth-order valence-corrected chi connectivity index (χ4v) is 3.42. The van der Waals surface area contributed by atoms with Gasteiger partial charge in [-0.25, -0.2) is 4.98 Å². The largest absolute Gasteiger partial charge is 0.490 e. The summed E-state index contributed by atoms with van der Waals surface area (Å²) < 4.78 is 11.4. The van der Waals surface area contributed by atoms with E-state index in [9.17, 15) is 4.79 Å². The summed E-state index contributed by atoms with van der Waals surface area (Å²) >= 11 is 0. The van der Waals surface area contributed by atoms with Crippen LogP contribution in [0, 0.1) is 0 Å². The van der Waals surface area contributed by atoms with Crippen molar-refractivity contribution in [3.05, 3.63) is 59.9 Å². The summed E-state index contributed by atoms with van der Waals surface area (Å²) in [6.07, 6.45) is 3.80. The van der Waals surface area contributed by atoms with Crippen LogP contribution in [0.3, 0.4) is 0 Å². The normalized spacial score (nSPS) is 16.4. The lowest BCUT2D eigenvalue weighted by molar-refractivity contribution is 0.0670. The molecule has 0 radical (unpaired) electrons. The van der Waals surface area contributed by atoms with Crippen molar-refractivity contribution in [1.82, 2.24) is 15.3 Å². The van der Waals surface area contributed by atoms with E-state index in [1.807, 2.05) is 42.5 Å². The van der Waals surface area contributed by atoms with Crippen molar-refractivity contribution >= 4 is 16.9 Å². The number of para-hydroxylation sites is 3. The molecule has 1 atom stereocenters. The molecule has 6 heteroatoms. The minimum atomic E-state index is -0.118. The number of nitrogens with one attached hydrogen (secondary N) is 2. The monoisotopic (exact) mass is 379 g/mol. The van der Waals surface area contributed by atoms with Gasteiger partial charge in [0, 0.05) is 19.6 Å². The predicted molar refractivity (Wildman–Crippen MR) is 108 cm³/mol. The zero-order chi connectivity index (χ0) is 19.2. The van der Waals surface area contributed by atoms with E-state index in [4.69, 9.17) is 9.47 Å². The summed E-state index contributed by atoms with van der Waals surface area (Å²) in [5.41, 5.74) is 2.57. The van der Waals surface area contributed by atoms with Crippen molar-refractivity contribution in [2.24, 2.45) is 0 Å². The molecular weight excluding hydrogens is 354 g/mol. The van der Waals surface area contributed by atoms with E-state index in [1.54, 1.807) is 6.07 Å². The van der Waals surface area contributed by atoms with Crippen molar-refractivity contribution < 1.29 is 14.3 Å². The molecule has 1 amide bonds. The van der Waals surface area contributed by atoms with Crippen molar-refractivity contribution in [2.75, 3.05) is 19.8 Å². The Balaban J connectivity index is 1.27. The number of carbonyl (C=O) groups excluding carboxylic acids is 1. The van der Waals surface area contributed by atoms with Gasteiger partial charge in [0.15, 0.2) is 0 Å². The molecule has 0 aliphatic carbocycles. The fraction of sp³-hybridized carbons (Fsp3) is 0.364. The average molecular weight is 379 g/mol. The first-order chi connectivity index (χ1) is 13.8. The van der Waals surface area contributed by atoms with Crippen molar-refractivity contribution in [2.45, 2.75) is 31.8 Å². The first-order valence-corrected chi connectivity index (χ1v) is 9.85. The topological polar surface area (TPSA) is 76.2 Å². The molecule has 0 saturated carbocycles. The summed E-state index contributed by atoms with van der Waals surface area (Å²) in [6.45, 7) is 1.85. The van der Waals surface area contributed by atoms with Crippen LogP contribution in [0.2, 0.25) is 0 Å². The standard InChI is InChI=1S/C22H25N3O3/c26-22(17-8-1-4-11-20(17)28-15-16-7-6-14-27-16)23-13-5-12-21-24-18-9-2-3-10-19(18)25-21/h1-4,8-11,16H,5-7,12-15H2,(H,23,26)(H,24,25)/t16-/m0/s1. The molecule has 1 fully saturated rings. The third-order valence-electron chi connectivity index (χ3n) is 4.89. The summed E-state index contributed by atoms with van der Waals surface area (Å²) in [6, 6.07) is 15.3. The maximum absolute atomic E-state index is 12.6. The van der Waals surface area contributed by atoms with Gasteiger partial charge in [-0.3, -0.25) is 4.79 Å². The van der Waals surface area contributed by atoms with Gasteiger partial charge in [-0.05, 0) is 43.5 Å². The van der Waals surface area contributed by atoms with E-state index in [-0.39, 0.29) is 12.0 Å². The molecule has 1 aromatic heterocycles. The number of H-pyrrole nitrogens is 1. The minimum Gasteiger partial charge on any atom is -0.490 e. The second-order valence-corrected chi connectivity index (χ2v) is 7.00. The lowest BCUT2D eigenvalue weighted by Gasteiger charge is -2.14. The number of aryl methyl sites for hydroxylation is 1. The number of benzene rings is 2. The molecule has 1 saturated heterocycles. The lowest BCUT2D eigenvalue weighted by Crippen LogP contribution is -2.26. The molecule has 6 nitrogen and oxygen atoms in total. The van der Waals surface area contributed by atoms with Crippen molar-refractivity contribution in [1.29, 1.82) is 0 Å². The highest BCUT2D eigenvalue weighted by atomic mass is 16.5. The Hall–Kier alpha value is -2.86. The summed E-state index contributed by atoms with van der Waals surface area (Å²) in [5, 5.41) is 2.98. The summed E-state index contributed by atoms with van der Waals surface area (Å²) in [5.74, 6) is 1.43. The zero-order valence-electron chi connectivity index (χ0n) is 15.8. The third-order valence-corrected chi connectivity index (χ3v) is 4.89. The SMILES string of the molecule is O=C(NCCCc1nc2ccccc2[nH]1)c1ccccc1OC[C@@H]1CCCO1. The number of hydrogen-bond donors (Lipinski definition) is 2. The van der Waals surface area contributed by atoms with Gasteiger partial charge >= 0.3 is 0 Å². The van der Waals surface area contributed by atoms with Crippen LogP contribution in [-0.4, -0.2) is 41.7 Å². The van der Waals surface area contributed by atoms with Crippen LogP contribution >= 0.6 is 0 Å². The van der Waals surface area contributed by atoms with Gasteiger partial charge in [0.25, 0.3) is 5.91 Å². The molecule has 2 heterocycles. The van der Waals surface area contributed by atoms with Crippen LogP contribution in [0.4, 0.5) is 0 Å². The number of nitrogens with zero attached hydrogens (tertiary/aromatic N) is 1. The fourth-order valence-electron chi connectivity index (χ4n) is 3.42. The van der Waals surface area contributed by atoms with Crippen LogP contribution in [-0.2, 0) is 11.2 Å². The number of ether oxygens (including phenoxy) is 2. The highest BCUT2D eigenvalue weighted by molar-refractivity contribution is 5.96. The van der Waals surface area contributed by atoms with E-state index < -0.39 is 0 Å². The van der Waals surface area contributed by atoms with E-state index in [2.05, 4.69) is 15.3 Å². The quantitative estimate of drug-likeness (QED) is 0.588. The van der Waals surface area contributed by atoms with Crippen LogP contribution in [0.25, 0.3) is 11.0 Å². The Morgan fingerprint density at radius 3 is 2.93 bits per heavy atom. The van der Waals surface area contributed by atoms with Gasteiger partial charge in [-0.15, -0.1) is 0 Å². The first kappa shape index (κ1) is 18.5. The van der Waals surface area contributed by atoms with Crippen molar-refractivity contribution in [3.63, 3.8) is 0 Å². The molecular formula is C22H25N3O3. The molecule has 1 aliphatic rings. The maximum Gasteiger partial charge on any atom is 0.255 e. The van der Waals surface area contributed by atoms with Gasteiger partial charge in [-0.2, -0.15) is 0 Å². The summed E-state index contributed by atoms with van der Waals surface area (Å²) in [4.78, 5) is 20.4. The van der Waals surface area contributed by atoms with Crippen LogP contribution in [0.15, 0.2) is 48.5 Å². The highest BCUT2D eigenvalue weighted by Gasteiger charge is 2.18. The van der Waals surface area contributed by atoms with Crippen LogP contribution < -0.4 is 10.1 Å². The van der Waals surface area contributed by atoms with E-state index in [0.29, 0.717) is 24.5 Å². The average Bonchev–Trinajstić information content (AvgIpc) is 3.39. The number of amides is 1. The second kappa shape index (κ2) is 8.89. The Morgan fingerprint density at radius 1 is 1.21 bits per heavy atom. The number of rotatable bonds is 8. The van der Waals surface area contributed by atoms with Gasteiger partial charge in [-0.1, -0.05) is 24.3 Å². The zero-order valence-corrected chi connectivity index (χ0v) is 15.8. The predicted octanol–water partition coefficient (Wildman–Crippen LogP) is 3.48. The Labute approximate surface area is 164 Å². The molecule has 4 rings (SSSR count). The number of aromatic nitrogens is 2. The number of aromatic amines is 1. The Morgan fingerprint density at radius 2 is 2.07 bits per heavy atom. The molecule has 0 bridgehead atoms. The number of hydrogen-bond acceptors (Lipinski definition) is 4. The van der Waals surface area contributed by atoms with Crippen LogP contribution in [0.1, 0.15) is 35.4 Å². The van der Waals surface area contributed by atoms with Crippen LogP contribution in [0.5, 0.6) is 5.75 Å². The molecule has 2 N–H and O–H groups in total. The van der Waals surface area contributed by atoms with Crippen molar-refractivity contribution in [3.8, 4) is 5.75 Å². The number of fused-ring (bicyclic) bond motifs is 1. The number of imidazole rings is 1. The number of carbonyl (C=O) groups is 1. The molecule has 0 spiro atoms.